The summed E-state index contributed by atoms with van der Waals surface area (Å²) in [6.45, 7) is 5.51. The van der Waals surface area contributed by atoms with Crippen LogP contribution in [0.3, 0.4) is 0 Å². The van der Waals surface area contributed by atoms with Gasteiger partial charge in [-0.2, -0.15) is 0 Å². The molecule has 3 aromatic carbocycles. The molecule has 2 aliphatic rings. The molecule has 0 bridgehead atoms. The summed E-state index contributed by atoms with van der Waals surface area (Å²) >= 11 is 2.10. The van der Waals surface area contributed by atoms with Crippen LogP contribution in [0.1, 0.15) is 30.2 Å². The van der Waals surface area contributed by atoms with Gasteiger partial charge >= 0.3 is 4.87 Å². The number of rotatable bonds is 9. The number of thiazole rings is 1. The van der Waals surface area contributed by atoms with Gasteiger partial charge in [-0.05, 0) is 55.8 Å². The number of para-hydroxylation sites is 1. The van der Waals surface area contributed by atoms with Crippen molar-refractivity contribution in [3.05, 3.63) is 109 Å². The first-order valence-electron chi connectivity index (χ1n) is 14.4. The molecule has 1 N–H and O–H groups in total. The van der Waals surface area contributed by atoms with E-state index in [1.807, 2.05) is 30.3 Å². The van der Waals surface area contributed by atoms with Crippen LogP contribution in [0.5, 0.6) is 0 Å². The van der Waals surface area contributed by atoms with Gasteiger partial charge in [0.1, 0.15) is 11.8 Å². The van der Waals surface area contributed by atoms with Crippen molar-refractivity contribution in [1.82, 2.24) is 4.57 Å². The Hall–Kier alpha value is -4.75. The quantitative estimate of drug-likeness (QED) is 0.151. The maximum Gasteiger partial charge on any atom is 0.308 e. The molecular formula is C32H29N5O6S2. The monoisotopic (exact) mass is 643 g/mol. The molecule has 2 aliphatic heterocycles. The van der Waals surface area contributed by atoms with E-state index in [1.165, 1.54) is 28.8 Å². The molecule has 3 atom stereocenters. The fourth-order valence-electron chi connectivity index (χ4n) is 5.94. The first-order chi connectivity index (χ1) is 21.7. The Balaban J connectivity index is 1.41. The predicted molar refractivity (Wildman–Crippen MR) is 174 cm³/mol. The minimum atomic E-state index is -0.870. The van der Waals surface area contributed by atoms with Crippen molar-refractivity contribution < 1.29 is 19.3 Å². The average molecular weight is 644 g/mol. The number of benzene rings is 3. The van der Waals surface area contributed by atoms with Gasteiger partial charge in [0.15, 0.2) is 0 Å². The number of carbonyl (C=O) groups excluding carboxylic acids is 3. The van der Waals surface area contributed by atoms with E-state index in [4.69, 9.17) is 0 Å². The molecule has 0 aliphatic carbocycles. The van der Waals surface area contributed by atoms with Crippen LogP contribution in [0.4, 0.5) is 22.7 Å². The number of hydrogen-bond acceptors (Lipinski definition) is 9. The van der Waals surface area contributed by atoms with Crippen LogP contribution in [-0.4, -0.2) is 45.6 Å². The summed E-state index contributed by atoms with van der Waals surface area (Å²) in [5.41, 5.74) is 2.46. The zero-order valence-electron chi connectivity index (χ0n) is 24.4. The minimum Gasteiger partial charge on any atom is -0.372 e. The van der Waals surface area contributed by atoms with Crippen molar-refractivity contribution in [3.63, 3.8) is 0 Å². The van der Waals surface area contributed by atoms with Crippen molar-refractivity contribution in [2.24, 2.45) is 5.92 Å². The number of imide groups is 1. The summed E-state index contributed by atoms with van der Waals surface area (Å²) in [5, 5.41) is 13.6. The summed E-state index contributed by atoms with van der Waals surface area (Å²) in [5.74, 6) is -2.75. The van der Waals surface area contributed by atoms with E-state index in [0.717, 1.165) is 52.3 Å². The second-order valence-corrected chi connectivity index (χ2v) is 12.8. The van der Waals surface area contributed by atoms with Gasteiger partial charge < -0.3 is 10.2 Å². The maximum absolute atomic E-state index is 14.1. The summed E-state index contributed by atoms with van der Waals surface area (Å²) in [4.78, 5) is 68.7. The van der Waals surface area contributed by atoms with Crippen molar-refractivity contribution in [2.75, 3.05) is 28.2 Å². The Morgan fingerprint density at radius 1 is 0.933 bits per heavy atom. The van der Waals surface area contributed by atoms with E-state index < -0.39 is 39.7 Å². The molecule has 1 fully saturated rings. The number of fused-ring (bicyclic) bond motifs is 2. The molecule has 3 unspecified atom stereocenters. The zero-order chi connectivity index (χ0) is 31.8. The zero-order valence-corrected chi connectivity index (χ0v) is 26.0. The highest BCUT2D eigenvalue weighted by Crippen LogP contribution is 2.54. The number of nitro benzene ring substituents is 1. The Bertz CT molecular complexity index is 1830. The van der Waals surface area contributed by atoms with Crippen LogP contribution in [0.25, 0.3) is 0 Å². The number of anilines is 3. The highest BCUT2D eigenvalue weighted by molar-refractivity contribution is 8.00. The molecule has 230 valence electrons. The van der Waals surface area contributed by atoms with E-state index in [-0.39, 0.29) is 22.8 Å². The lowest BCUT2D eigenvalue weighted by Gasteiger charge is -2.31. The molecule has 3 heterocycles. The topological polar surface area (TPSA) is 135 Å². The van der Waals surface area contributed by atoms with Crippen LogP contribution >= 0.6 is 23.1 Å². The Morgan fingerprint density at radius 2 is 1.60 bits per heavy atom. The minimum absolute atomic E-state index is 0.157. The van der Waals surface area contributed by atoms with E-state index in [1.54, 1.807) is 24.3 Å². The Labute approximate surface area is 266 Å². The molecule has 0 spiro atoms. The second-order valence-electron chi connectivity index (χ2n) is 10.6. The van der Waals surface area contributed by atoms with Gasteiger partial charge in [-0.15, -0.1) is 0 Å². The SMILES string of the molecule is CCN(CC)c1ccc(C2c3sc(=O)n(CC(=O)Nc4ccccc4)c3SC3C(=O)N(c4ccc([N+](=O)[O-])cc4)C(=O)C32)cc1. The summed E-state index contributed by atoms with van der Waals surface area (Å²) in [6.07, 6.45) is 0. The third kappa shape index (κ3) is 5.53. The molecule has 1 saturated heterocycles. The molecule has 11 nitrogen and oxygen atoms in total. The molecular weight excluding hydrogens is 615 g/mol. The van der Waals surface area contributed by atoms with Crippen LogP contribution in [0, 0.1) is 16.0 Å². The normalized spacial score (nSPS) is 18.8. The lowest BCUT2D eigenvalue weighted by molar-refractivity contribution is -0.384. The largest absolute Gasteiger partial charge is 0.372 e. The first kappa shape index (κ1) is 30.3. The summed E-state index contributed by atoms with van der Waals surface area (Å²) in [6, 6.07) is 22.0. The van der Waals surface area contributed by atoms with Gasteiger partial charge in [0.2, 0.25) is 17.7 Å². The molecule has 1 aromatic heterocycles. The number of nitro groups is 1. The van der Waals surface area contributed by atoms with Crippen molar-refractivity contribution in [3.8, 4) is 0 Å². The van der Waals surface area contributed by atoms with Crippen LogP contribution in [-0.2, 0) is 20.9 Å². The third-order valence-corrected chi connectivity index (χ3v) is 10.7. The molecule has 6 rings (SSSR count). The molecule has 3 amide bonds. The second kappa shape index (κ2) is 12.3. The first-order valence-corrected chi connectivity index (χ1v) is 16.1. The maximum atomic E-state index is 14.1. The van der Waals surface area contributed by atoms with E-state index in [2.05, 4.69) is 24.1 Å². The number of nitrogens with one attached hydrogen (secondary N) is 1. The third-order valence-electron chi connectivity index (χ3n) is 8.11. The molecule has 45 heavy (non-hydrogen) atoms. The lowest BCUT2D eigenvalue weighted by Crippen LogP contribution is -2.33. The van der Waals surface area contributed by atoms with Gasteiger partial charge in [-0.25, -0.2) is 4.90 Å². The molecule has 0 radical (unpaired) electrons. The lowest BCUT2D eigenvalue weighted by atomic mass is 9.83. The number of amides is 3. The predicted octanol–water partition coefficient (Wildman–Crippen LogP) is 5.10. The summed E-state index contributed by atoms with van der Waals surface area (Å²) in [7, 11) is 0. The standard InChI is InChI=1S/C32H29N5O6S2/c1-3-34(4-2)21-12-10-19(11-13-21)25-26-27(30(40)36(29(26)39)22-14-16-23(17-15-22)37(42)43)44-31-28(25)45-32(41)35(31)18-24(38)33-20-8-6-5-7-9-20/h5-17,25-27H,3-4,18H2,1-2H3,(H,33,38). The fraction of sp³-hybridized carbons (Fsp3) is 0.250. The smallest absolute Gasteiger partial charge is 0.308 e. The van der Waals surface area contributed by atoms with Crippen molar-refractivity contribution in [2.45, 2.75) is 36.6 Å². The van der Waals surface area contributed by atoms with Crippen molar-refractivity contribution in [1.29, 1.82) is 0 Å². The number of non-ortho nitro benzene ring substituents is 1. The van der Waals surface area contributed by atoms with Gasteiger partial charge in [0.25, 0.3) is 5.69 Å². The van der Waals surface area contributed by atoms with Gasteiger partial charge in [-0.3, -0.25) is 33.9 Å². The number of thioether (sulfide) groups is 1. The Kier molecular flexibility index (Phi) is 8.30. The average Bonchev–Trinajstić information content (AvgIpc) is 3.48. The molecule has 0 saturated carbocycles. The van der Waals surface area contributed by atoms with E-state index in [0.29, 0.717) is 15.6 Å². The summed E-state index contributed by atoms with van der Waals surface area (Å²) < 4.78 is 1.38. The van der Waals surface area contributed by atoms with Gasteiger partial charge in [0.05, 0.1) is 21.6 Å². The number of hydrogen-bond donors (Lipinski definition) is 1. The molecule has 4 aromatic rings. The van der Waals surface area contributed by atoms with Crippen LogP contribution < -0.4 is 20.0 Å². The van der Waals surface area contributed by atoms with Crippen molar-refractivity contribution >= 4 is 63.6 Å². The number of carbonyl (C=O) groups is 3. The number of aromatic nitrogens is 1. The van der Waals surface area contributed by atoms with Crippen LogP contribution in [0.15, 0.2) is 88.7 Å². The molecule has 13 heteroatoms. The van der Waals surface area contributed by atoms with Gasteiger partial charge in [0, 0.05) is 47.4 Å². The van der Waals surface area contributed by atoms with Crippen LogP contribution in [0.2, 0.25) is 0 Å². The highest BCUT2D eigenvalue weighted by Gasteiger charge is 2.56. The van der Waals surface area contributed by atoms with E-state index in [9.17, 15) is 29.3 Å². The van der Waals surface area contributed by atoms with E-state index >= 15 is 0 Å². The fourth-order valence-corrected chi connectivity index (χ4v) is 8.71. The van der Waals surface area contributed by atoms with Gasteiger partial charge in [-0.1, -0.05) is 53.4 Å². The Morgan fingerprint density at radius 3 is 2.22 bits per heavy atom. The highest BCUT2D eigenvalue weighted by atomic mass is 32.2. The number of nitrogens with zero attached hydrogens (tertiary/aromatic N) is 4.